The van der Waals surface area contributed by atoms with Crippen molar-refractivity contribution in [2.75, 3.05) is 12.3 Å². The van der Waals surface area contributed by atoms with Gasteiger partial charge in [-0.25, -0.2) is 0 Å². The minimum Gasteiger partial charge on any atom is -0.355 e. The molecule has 6 heteroatoms. The van der Waals surface area contributed by atoms with Crippen LogP contribution in [0.5, 0.6) is 0 Å². The van der Waals surface area contributed by atoms with Gasteiger partial charge in [-0.05, 0) is 29.8 Å². The molecule has 2 aromatic carbocycles. The Morgan fingerprint density at radius 3 is 2.40 bits per heavy atom. The molecule has 0 saturated heterocycles. The molecule has 25 heavy (non-hydrogen) atoms. The molecule has 0 aliphatic rings. The molecule has 0 aromatic heterocycles. The van der Waals surface area contributed by atoms with Gasteiger partial charge in [-0.1, -0.05) is 41.9 Å². The van der Waals surface area contributed by atoms with Gasteiger partial charge in [-0.15, -0.1) is 11.8 Å². The summed E-state index contributed by atoms with van der Waals surface area (Å²) in [6.45, 7) is 2.02. The summed E-state index contributed by atoms with van der Waals surface area (Å²) in [6, 6.07) is 16.8. The first-order valence-corrected chi connectivity index (χ1v) is 9.38. The van der Waals surface area contributed by atoms with E-state index < -0.39 is 0 Å². The van der Waals surface area contributed by atoms with E-state index in [1.165, 1.54) is 6.92 Å². The standard InChI is InChI=1S/C19H21ClN2O2S/c1-14(23)22-18(15-5-3-2-4-6-15)13-19(24)21-11-12-25-17-9-7-16(20)8-10-17/h2-10,18H,11-13H2,1H3,(H,21,24)(H,22,23)/t18-/m1/s1. The summed E-state index contributed by atoms with van der Waals surface area (Å²) in [7, 11) is 0. The highest BCUT2D eigenvalue weighted by Gasteiger charge is 2.16. The van der Waals surface area contributed by atoms with E-state index in [2.05, 4.69) is 10.6 Å². The van der Waals surface area contributed by atoms with Crippen molar-refractivity contribution in [2.45, 2.75) is 24.3 Å². The van der Waals surface area contributed by atoms with Crippen molar-refractivity contribution in [2.24, 2.45) is 0 Å². The van der Waals surface area contributed by atoms with Crippen LogP contribution in [-0.4, -0.2) is 24.1 Å². The maximum Gasteiger partial charge on any atom is 0.222 e. The predicted molar refractivity (Wildman–Crippen MR) is 103 cm³/mol. The zero-order chi connectivity index (χ0) is 18.1. The average molecular weight is 377 g/mol. The van der Waals surface area contributed by atoms with Crippen molar-refractivity contribution in [3.05, 3.63) is 65.2 Å². The first-order chi connectivity index (χ1) is 12.0. The van der Waals surface area contributed by atoms with Crippen LogP contribution in [0.4, 0.5) is 0 Å². The second-order valence-corrected chi connectivity index (χ2v) is 7.13. The van der Waals surface area contributed by atoms with E-state index in [9.17, 15) is 9.59 Å². The van der Waals surface area contributed by atoms with Crippen LogP contribution in [0, 0.1) is 0 Å². The van der Waals surface area contributed by atoms with Crippen LogP contribution in [0.3, 0.4) is 0 Å². The lowest BCUT2D eigenvalue weighted by Crippen LogP contribution is -2.33. The molecule has 0 bridgehead atoms. The van der Waals surface area contributed by atoms with Crippen molar-refractivity contribution in [1.82, 2.24) is 10.6 Å². The number of rotatable bonds is 8. The van der Waals surface area contributed by atoms with E-state index in [1.54, 1.807) is 11.8 Å². The Morgan fingerprint density at radius 1 is 1.08 bits per heavy atom. The molecule has 2 rings (SSSR count). The maximum absolute atomic E-state index is 12.2. The number of halogens is 1. The Bertz CT molecular complexity index is 692. The molecule has 2 N–H and O–H groups in total. The molecule has 2 amide bonds. The zero-order valence-corrected chi connectivity index (χ0v) is 15.6. The molecule has 0 fully saturated rings. The molecule has 0 aliphatic carbocycles. The van der Waals surface area contributed by atoms with E-state index in [1.807, 2.05) is 54.6 Å². The van der Waals surface area contributed by atoms with Crippen LogP contribution in [0.25, 0.3) is 0 Å². The monoisotopic (exact) mass is 376 g/mol. The third-order valence-electron chi connectivity index (χ3n) is 3.48. The zero-order valence-electron chi connectivity index (χ0n) is 14.0. The lowest BCUT2D eigenvalue weighted by atomic mass is 10.0. The first-order valence-electron chi connectivity index (χ1n) is 8.01. The maximum atomic E-state index is 12.2. The van der Waals surface area contributed by atoms with E-state index in [-0.39, 0.29) is 24.3 Å². The van der Waals surface area contributed by atoms with Gasteiger partial charge in [0.2, 0.25) is 11.8 Å². The van der Waals surface area contributed by atoms with Crippen molar-refractivity contribution in [3.63, 3.8) is 0 Å². The SMILES string of the molecule is CC(=O)N[C@H](CC(=O)NCCSc1ccc(Cl)cc1)c1ccccc1. The van der Waals surface area contributed by atoms with E-state index in [0.717, 1.165) is 16.2 Å². The van der Waals surface area contributed by atoms with Gasteiger partial charge >= 0.3 is 0 Å². The molecule has 132 valence electrons. The molecule has 0 spiro atoms. The topological polar surface area (TPSA) is 58.2 Å². The van der Waals surface area contributed by atoms with Crippen LogP contribution in [0.2, 0.25) is 5.02 Å². The van der Waals surface area contributed by atoms with Gasteiger partial charge in [0.15, 0.2) is 0 Å². The normalized spacial score (nSPS) is 11.6. The third kappa shape index (κ3) is 7.20. The van der Waals surface area contributed by atoms with E-state index >= 15 is 0 Å². The van der Waals surface area contributed by atoms with Crippen LogP contribution in [0.1, 0.15) is 24.9 Å². The quantitative estimate of drug-likeness (QED) is 0.544. The summed E-state index contributed by atoms with van der Waals surface area (Å²) >= 11 is 7.51. The van der Waals surface area contributed by atoms with E-state index in [0.29, 0.717) is 11.6 Å². The highest BCUT2D eigenvalue weighted by atomic mass is 35.5. The molecule has 1 atom stereocenters. The second kappa shape index (κ2) is 10.1. The fraction of sp³-hybridized carbons (Fsp3) is 0.263. The Hall–Kier alpha value is -1.98. The number of nitrogens with one attached hydrogen (secondary N) is 2. The largest absolute Gasteiger partial charge is 0.355 e. The Balaban J connectivity index is 1.78. The number of carbonyl (C=O) groups excluding carboxylic acids is 2. The van der Waals surface area contributed by atoms with Gasteiger partial charge in [-0.3, -0.25) is 9.59 Å². The smallest absolute Gasteiger partial charge is 0.222 e. The Morgan fingerprint density at radius 2 is 1.76 bits per heavy atom. The van der Waals surface area contributed by atoms with E-state index in [4.69, 9.17) is 11.6 Å². The molecule has 0 radical (unpaired) electrons. The Kier molecular flexibility index (Phi) is 7.82. The molecule has 0 aliphatic heterocycles. The number of benzene rings is 2. The van der Waals surface area contributed by atoms with Crippen LogP contribution < -0.4 is 10.6 Å². The van der Waals surface area contributed by atoms with Gasteiger partial charge in [0.05, 0.1) is 12.5 Å². The Labute approximate surface area is 157 Å². The van der Waals surface area contributed by atoms with Crippen LogP contribution in [0.15, 0.2) is 59.5 Å². The lowest BCUT2D eigenvalue weighted by Gasteiger charge is -2.18. The van der Waals surface area contributed by atoms with Crippen molar-refractivity contribution < 1.29 is 9.59 Å². The van der Waals surface area contributed by atoms with Gasteiger partial charge in [0.25, 0.3) is 0 Å². The molecule has 0 saturated carbocycles. The molecule has 4 nitrogen and oxygen atoms in total. The number of carbonyl (C=O) groups is 2. The van der Waals surface area contributed by atoms with Gasteiger partial charge in [0.1, 0.15) is 0 Å². The number of amides is 2. The van der Waals surface area contributed by atoms with Gasteiger partial charge < -0.3 is 10.6 Å². The third-order valence-corrected chi connectivity index (χ3v) is 4.74. The number of hydrogen-bond acceptors (Lipinski definition) is 3. The predicted octanol–water partition coefficient (Wildman–Crippen LogP) is 3.82. The van der Waals surface area contributed by atoms with Gasteiger partial charge in [0, 0.05) is 29.1 Å². The summed E-state index contributed by atoms with van der Waals surface area (Å²) in [5, 5.41) is 6.44. The molecule has 0 unspecified atom stereocenters. The highest BCUT2D eigenvalue weighted by Crippen LogP contribution is 2.20. The number of hydrogen-bond donors (Lipinski definition) is 2. The molecule has 2 aromatic rings. The molecule has 0 heterocycles. The fourth-order valence-corrected chi connectivity index (χ4v) is 3.22. The van der Waals surface area contributed by atoms with Gasteiger partial charge in [-0.2, -0.15) is 0 Å². The summed E-state index contributed by atoms with van der Waals surface area (Å²) in [6.07, 6.45) is 0.217. The average Bonchev–Trinajstić information content (AvgIpc) is 2.60. The van der Waals surface area contributed by atoms with Crippen molar-refractivity contribution in [3.8, 4) is 0 Å². The summed E-state index contributed by atoms with van der Waals surface area (Å²) in [5.74, 6) is 0.531. The second-order valence-electron chi connectivity index (χ2n) is 5.52. The fourth-order valence-electron chi connectivity index (χ4n) is 2.33. The minimum atomic E-state index is -0.317. The lowest BCUT2D eigenvalue weighted by molar-refractivity contribution is -0.122. The summed E-state index contributed by atoms with van der Waals surface area (Å²) in [5.41, 5.74) is 0.920. The summed E-state index contributed by atoms with van der Waals surface area (Å²) < 4.78 is 0. The number of thioether (sulfide) groups is 1. The molecular weight excluding hydrogens is 356 g/mol. The molecular formula is C19H21ClN2O2S. The van der Waals surface area contributed by atoms with Crippen molar-refractivity contribution >= 4 is 35.2 Å². The van der Waals surface area contributed by atoms with Crippen LogP contribution >= 0.6 is 23.4 Å². The first kappa shape index (κ1) is 19.3. The van der Waals surface area contributed by atoms with Crippen LogP contribution in [-0.2, 0) is 9.59 Å². The van der Waals surface area contributed by atoms with Crippen molar-refractivity contribution in [1.29, 1.82) is 0 Å². The highest BCUT2D eigenvalue weighted by molar-refractivity contribution is 7.99. The minimum absolute atomic E-state index is 0.0840. The summed E-state index contributed by atoms with van der Waals surface area (Å²) in [4.78, 5) is 24.7.